The van der Waals surface area contributed by atoms with Gasteiger partial charge >= 0.3 is 0 Å². The van der Waals surface area contributed by atoms with Gasteiger partial charge in [0.2, 0.25) is 0 Å². The number of carbonyl (C=O) groups is 2. The van der Waals surface area contributed by atoms with Crippen molar-refractivity contribution >= 4 is 28.5 Å². The van der Waals surface area contributed by atoms with Crippen LogP contribution in [0.1, 0.15) is 65.4 Å². The fourth-order valence-electron chi connectivity index (χ4n) is 4.82. The van der Waals surface area contributed by atoms with E-state index < -0.39 is 0 Å². The van der Waals surface area contributed by atoms with Crippen molar-refractivity contribution in [2.75, 3.05) is 18.4 Å². The van der Waals surface area contributed by atoms with Crippen LogP contribution in [0.4, 0.5) is 5.69 Å². The monoisotopic (exact) mass is 481 g/mol. The van der Waals surface area contributed by atoms with Crippen LogP contribution in [0, 0.1) is 6.92 Å². The van der Waals surface area contributed by atoms with E-state index in [2.05, 4.69) is 10.4 Å². The largest absolute Gasteiger partial charge is 0.339 e. The normalized spacial score (nSPS) is 13.8. The first-order valence-corrected chi connectivity index (χ1v) is 12.6. The van der Waals surface area contributed by atoms with Gasteiger partial charge < -0.3 is 10.2 Å². The van der Waals surface area contributed by atoms with Gasteiger partial charge in [-0.2, -0.15) is 5.10 Å². The van der Waals surface area contributed by atoms with Gasteiger partial charge in [-0.05, 0) is 63.8 Å². The summed E-state index contributed by atoms with van der Waals surface area (Å²) in [5.74, 6) is -0.335. The molecule has 1 fully saturated rings. The van der Waals surface area contributed by atoms with Crippen molar-refractivity contribution in [3.63, 3.8) is 0 Å². The van der Waals surface area contributed by atoms with E-state index in [1.807, 2.05) is 72.8 Å². The van der Waals surface area contributed by atoms with E-state index in [0.29, 0.717) is 33.5 Å². The Morgan fingerprint density at radius 2 is 1.67 bits per heavy atom. The highest BCUT2D eigenvalue weighted by molar-refractivity contribution is 6.14. The molecule has 2 amide bonds. The zero-order valence-corrected chi connectivity index (χ0v) is 21.0. The number of fused-ring (bicyclic) bond motifs is 1. The lowest BCUT2D eigenvalue weighted by atomic mass is 10.0. The number of amides is 2. The number of aromatic nitrogens is 3. The number of anilines is 1. The molecule has 5 rings (SSSR count). The second kappa shape index (κ2) is 9.93. The van der Waals surface area contributed by atoms with E-state index in [1.165, 1.54) is 0 Å². The molecule has 7 nitrogen and oxygen atoms in total. The molecule has 0 aliphatic carbocycles. The third-order valence-corrected chi connectivity index (χ3v) is 6.77. The molecule has 0 atom stereocenters. The molecule has 2 aromatic heterocycles. The zero-order valence-electron chi connectivity index (χ0n) is 21.0. The Kier molecular flexibility index (Phi) is 6.55. The minimum atomic E-state index is -0.292. The van der Waals surface area contributed by atoms with E-state index in [9.17, 15) is 9.59 Å². The number of nitrogens with one attached hydrogen (secondary N) is 1. The van der Waals surface area contributed by atoms with E-state index >= 15 is 0 Å². The molecule has 0 radical (unpaired) electrons. The Labute approximate surface area is 211 Å². The van der Waals surface area contributed by atoms with Crippen molar-refractivity contribution in [3.05, 3.63) is 77.5 Å². The minimum Gasteiger partial charge on any atom is -0.339 e. The maximum Gasteiger partial charge on any atom is 0.256 e. The predicted octanol–water partition coefficient (Wildman–Crippen LogP) is 5.87. The highest BCUT2D eigenvalue weighted by Crippen LogP contribution is 2.29. The first-order chi connectivity index (χ1) is 17.4. The van der Waals surface area contributed by atoms with E-state index in [0.717, 1.165) is 43.5 Å². The summed E-state index contributed by atoms with van der Waals surface area (Å²) in [6, 6.07) is 17.1. The number of rotatable bonds is 5. The molecule has 0 spiro atoms. The van der Waals surface area contributed by atoms with Crippen molar-refractivity contribution < 1.29 is 9.59 Å². The average Bonchev–Trinajstić information content (AvgIpc) is 3.33. The number of hydrogen-bond acceptors (Lipinski definition) is 4. The molecule has 1 N–H and O–H groups in total. The fourth-order valence-corrected chi connectivity index (χ4v) is 4.82. The molecule has 0 bridgehead atoms. The molecule has 3 heterocycles. The first-order valence-electron chi connectivity index (χ1n) is 12.6. The third kappa shape index (κ3) is 4.49. The van der Waals surface area contributed by atoms with Gasteiger partial charge in [-0.1, -0.05) is 36.4 Å². The average molecular weight is 482 g/mol. The van der Waals surface area contributed by atoms with Crippen LogP contribution >= 0.6 is 0 Å². The molecule has 0 unspecified atom stereocenters. The minimum absolute atomic E-state index is 0.0429. The molecular weight excluding hydrogens is 450 g/mol. The van der Waals surface area contributed by atoms with Gasteiger partial charge in [0.25, 0.3) is 11.8 Å². The van der Waals surface area contributed by atoms with E-state index in [1.54, 1.807) is 18.3 Å². The topological polar surface area (TPSA) is 80.1 Å². The third-order valence-electron chi connectivity index (χ3n) is 6.77. The van der Waals surface area contributed by atoms with Crippen LogP contribution in [-0.4, -0.2) is 44.6 Å². The van der Waals surface area contributed by atoms with Gasteiger partial charge in [-0.25, -0.2) is 9.67 Å². The summed E-state index contributed by atoms with van der Waals surface area (Å²) >= 11 is 0. The van der Waals surface area contributed by atoms with Crippen molar-refractivity contribution in [2.24, 2.45) is 0 Å². The van der Waals surface area contributed by atoms with Crippen molar-refractivity contribution in [2.45, 2.75) is 46.1 Å². The Hall–Kier alpha value is -4.00. The quantitative estimate of drug-likeness (QED) is 0.387. The number of benzene rings is 2. The van der Waals surface area contributed by atoms with Gasteiger partial charge in [0.05, 0.1) is 34.1 Å². The number of likely N-dealkylation sites (tertiary alicyclic amines) is 1. The molecule has 36 heavy (non-hydrogen) atoms. The number of aryl methyl sites for hydroxylation is 1. The van der Waals surface area contributed by atoms with E-state index in [-0.39, 0.29) is 17.9 Å². The Morgan fingerprint density at radius 3 is 2.42 bits per heavy atom. The van der Waals surface area contributed by atoms with Crippen LogP contribution in [0.25, 0.3) is 22.3 Å². The van der Waals surface area contributed by atoms with Crippen LogP contribution in [-0.2, 0) is 0 Å². The van der Waals surface area contributed by atoms with Crippen molar-refractivity contribution in [1.29, 1.82) is 0 Å². The Morgan fingerprint density at radius 1 is 0.944 bits per heavy atom. The summed E-state index contributed by atoms with van der Waals surface area (Å²) in [7, 11) is 0. The molecule has 4 aromatic rings. The van der Waals surface area contributed by atoms with Crippen LogP contribution < -0.4 is 5.32 Å². The molecule has 7 heteroatoms. The SMILES string of the molecule is Cc1ccccc1-c1cc(C(=O)Nc2ccccc2C(=O)N2CCCCC2)c2cnn(C(C)C)c2n1. The summed E-state index contributed by atoms with van der Waals surface area (Å²) < 4.78 is 1.84. The molecule has 2 aromatic carbocycles. The number of pyridine rings is 1. The maximum absolute atomic E-state index is 13.7. The highest BCUT2D eigenvalue weighted by Gasteiger charge is 2.23. The molecule has 1 aliphatic heterocycles. The fraction of sp³-hybridized carbons (Fsp3) is 0.310. The van der Waals surface area contributed by atoms with Gasteiger partial charge in [-0.3, -0.25) is 9.59 Å². The second-order valence-electron chi connectivity index (χ2n) is 9.64. The number of carbonyl (C=O) groups excluding carboxylic acids is 2. The first kappa shape index (κ1) is 23.7. The smallest absolute Gasteiger partial charge is 0.256 e. The van der Waals surface area contributed by atoms with Gasteiger partial charge in [-0.15, -0.1) is 0 Å². The molecule has 1 saturated heterocycles. The Bertz CT molecular complexity index is 1430. The zero-order chi connectivity index (χ0) is 25.2. The van der Waals surface area contributed by atoms with E-state index in [4.69, 9.17) is 4.98 Å². The maximum atomic E-state index is 13.7. The van der Waals surface area contributed by atoms with Gasteiger partial charge in [0.1, 0.15) is 0 Å². The summed E-state index contributed by atoms with van der Waals surface area (Å²) in [6.07, 6.45) is 4.87. The number of piperidine rings is 1. The number of nitrogens with zero attached hydrogens (tertiary/aromatic N) is 4. The second-order valence-corrected chi connectivity index (χ2v) is 9.64. The highest BCUT2D eigenvalue weighted by atomic mass is 16.2. The standard InChI is InChI=1S/C29H31N5O2/c1-19(2)34-27-24(18-30-34)23(17-26(31-27)21-12-6-5-11-20(21)3)28(35)32-25-14-8-7-13-22(25)29(36)33-15-9-4-10-16-33/h5-8,11-14,17-19H,4,9-10,15-16H2,1-3H3,(H,32,35). The number of hydrogen-bond donors (Lipinski definition) is 1. The molecule has 184 valence electrons. The predicted molar refractivity (Wildman–Crippen MR) is 142 cm³/mol. The van der Waals surface area contributed by atoms with Crippen LogP contribution in [0.5, 0.6) is 0 Å². The number of para-hydroxylation sites is 1. The Balaban J connectivity index is 1.56. The molecular formula is C29H31N5O2. The lowest BCUT2D eigenvalue weighted by molar-refractivity contribution is 0.0725. The summed E-state index contributed by atoms with van der Waals surface area (Å²) in [5, 5.41) is 8.22. The lowest BCUT2D eigenvalue weighted by Gasteiger charge is -2.27. The molecule has 0 saturated carbocycles. The lowest BCUT2D eigenvalue weighted by Crippen LogP contribution is -2.36. The summed E-state index contributed by atoms with van der Waals surface area (Å²) in [4.78, 5) is 33.8. The van der Waals surface area contributed by atoms with Gasteiger partial charge in [0, 0.05) is 24.7 Å². The van der Waals surface area contributed by atoms with Crippen molar-refractivity contribution in [1.82, 2.24) is 19.7 Å². The van der Waals surface area contributed by atoms with Gasteiger partial charge in [0.15, 0.2) is 5.65 Å². The van der Waals surface area contributed by atoms with Crippen molar-refractivity contribution in [3.8, 4) is 11.3 Å². The van der Waals surface area contributed by atoms with Crippen LogP contribution in [0.15, 0.2) is 60.8 Å². The summed E-state index contributed by atoms with van der Waals surface area (Å²) in [5.41, 5.74) is 4.91. The molecule has 1 aliphatic rings. The van der Waals surface area contributed by atoms with Crippen LogP contribution in [0.3, 0.4) is 0 Å². The summed E-state index contributed by atoms with van der Waals surface area (Å²) in [6.45, 7) is 7.61. The van der Waals surface area contributed by atoms with Crippen LogP contribution in [0.2, 0.25) is 0 Å².